The van der Waals surface area contributed by atoms with Gasteiger partial charge in [-0.05, 0) is 12.5 Å². The summed E-state index contributed by atoms with van der Waals surface area (Å²) in [5.74, 6) is -0.923. The monoisotopic (exact) mass is 247 g/mol. The van der Waals surface area contributed by atoms with Gasteiger partial charge >= 0.3 is 5.97 Å². The van der Waals surface area contributed by atoms with Crippen molar-refractivity contribution < 1.29 is 15.4 Å². The lowest BCUT2D eigenvalue weighted by Crippen LogP contribution is -1.99. The first-order chi connectivity index (χ1) is 6.63. The zero-order valence-electron chi connectivity index (χ0n) is 8.23. The second kappa shape index (κ2) is 6.60. The number of aliphatic imine (C=N–C) groups is 1. The van der Waals surface area contributed by atoms with Crippen LogP contribution in [0.1, 0.15) is 17.4 Å². The Kier molecular flexibility index (Phi) is 6.23. The van der Waals surface area contributed by atoms with E-state index in [0.29, 0.717) is 0 Å². The highest BCUT2D eigenvalue weighted by Crippen LogP contribution is 2.24. The number of carbonyl (C=O) groups is 1. The van der Waals surface area contributed by atoms with E-state index in [0.717, 1.165) is 16.2 Å². The fourth-order valence-electron chi connectivity index (χ4n) is 0.937. The third kappa shape index (κ3) is 4.46. The maximum Gasteiger partial charge on any atom is 0.325 e. The molecule has 0 aliphatic carbocycles. The topological polar surface area (TPSA) is 81.2 Å². The summed E-state index contributed by atoms with van der Waals surface area (Å²) in [5.41, 5.74) is 0.899. The highest BCUT2D eigenvalue weighted by atomic mass is 32.2. The highest BCUT2D eigenvalue weighted by Gasteiger charge is 2.02. The van der Waals surface area contributed by atoms with Crippen LogP contribution in [0, 0.1) is 0 Å². The molecule has 1 aromatic rings. The van der Waals surface area contributed by atoms with Gasteiger partial charge in [-0.25, -0.2) is 0 Å². The predicted molar refractivity (Wildman–Crippen MR) is 64.7 cm³/mol. The molecule has 6 heteroatoms. The maximum absolute atomic E-state index is 10.2. The molecule has 0 radical (unpaired) electrons. The first kappa shape index (κ1) is 14.2. The van der Waals surface area contributed by atoms with Crippen molar-refractivity contribution in [3.8, 4) is 0 Å². The van der Waals surface area contributed by atoms with E-state index in [-0.39, 0.29) is 12.0 Å². The van der Waals surface area contributed by atoms with Crippen LogP contribution in [0.3, 0.4) is 0 Å². The minimum absolute atomic E-state index is 0. The second-order valence-electron chi connectivity index (χ2n) is 2.69. The summed E-state index contributed by atoms with van der Waals surface area (Å²) in [6, 6.07) is 1.98. The SMILES string of the molecule is CCc1cc(C=NCC(=O)O)c(S)s1.O. The van der Waals surface area contributed by atoms with Crippen molar-refractivity contribution in [2.24, 2.45) is 4.99 Å². The first-order valence-electron chi connectivity index (χ1n) is 4.16. The fraction of sp³-hybridized carbons (Fsp3) is 0.333. The number of aliphatic carboxylic acids is 1. The predicted octanol–water partition coefficient (Wildman–Crippen LogP) is 1.28. The van der Waals surface area contributed by atoms with Gasteiger partial charge in [-0.15, -0.1) is 24.0 Å². The maximum atomic E-state index is 10.2. The molecule has 0 saturated carbocycles. The van der Waals surface area contributed by atoms with Crippen LogP contribution in [-0.4, -0.2) is 29.3 Å². The van der Waals surface area contributed by atoms with E-state index >= 15 is 0 Å². The Hall–Kier alpha value is -0.850. The average Bonchev–Trinajstić information content (AvgIpc) is 2.47. The molecule has 0 spiro atoms. The van der Waals surface area contributed by atoms with Crippen LogP contribution in [0.15, 0.2) is 15.3 Å². The molecule has 0 amide bonds. The standard InChI is InChI=1S/C9H11NO2S2.H2O/c1-2-7-3-6(9(13)14-7)4-10-5-8(11)12;/h3-4,13H,2,5H2,1H3,(H,11,12);1H2. The van der Waals surface area contributed by atoms with Gasteiger partial charge in [0.2, 0.25) is 0 Å². The van der Waals surface area contributed by atoms with Gasteiger partial charge in [0.25, 0.3) is 0 Å². The summed E-state index contributed by atoms with van der Waals surface area (Å²) in [5, 5.41) is 8.38. The molecular formula is C9H13NO3S2. The first-order valence-corrected chi connectivity index (χ1v) is 5.43. The minimum atomic E-state index is -0.923. The Morgan fingerprint density at radius 2 is 2.40 bits per heavy atom. The average molecular weight is 247 g/mol. The van der Waals surface area contributed by atoms with Crippen molar-refractivity contribution in [1.82, 2.24) is 0 Å². The number of thiol groups is 1. The molecule has 1 aromatic heterocycles. The zero-order valence-corrected chi connectivity index (χ0v) is 9.94. The minimum Gasteiger partial charge on any atom is -0.480 e. The molecule has 1 heterocycles. The molecule has 0 atom stereocenters. The summed E-state index contributed by atoms with van der Waals surface area (Å²) in [7, 11) is 0. The molecule has 0 bridgehead atoms. The number of hydrogen-bond acceptors (Lipinski definition) is 4. The van der Waals surface area contributed by atoms with Crippen LogP contribution in [0.2, 0.25) is 0 Å². The Balaban J connectivity index is 0.00000196. The van der Waals surface area contributed by atoms with Crippen molar-refractivity contribution in [2.75, 3.05) is 6.54 Å². The van der Waals surface area contributed by atoms with Crippen LogP contribution in [0.4, 0.5) is 0 Å². The van der Waals surface area contributed by atoms with E-state index in [4.69, 9.17) is 5.11 Å². The largest absolute Gasteiger partial charge is 0.480 e. The number of nitrogens with zero attached hydrogens (tertiary/aromatic N) is 1. The Morgan fingerprint density at radius 1 is 1.73 bits per heavy atom. The fourth-order valence-corrected chi connectivity index (χ4v) is 2.22. The Bertz CT molecular complexity index is 360. The lowest BCUT2D eigenvalue weighted by molar-refractivity contribution is -0.135. The van der Waals surface area contributed by atoms with E-state index in [9.17, 15) is 4.79 Å². The summed E-state index contributed by atoms with van der Waals surface area (Å²) < 4.78 is 0.885. The smallest absolute Gasteiger partial charge is 0.325 e. The van der Waals surface area contributed by atoms with Crippen molar-refractivity contribution in [2.45, 2.75) is 17.6 Å². The van der Waals surface area contributed by atoms with Gasteiger partial charge < -0.3 is 10.6 Å². The van der Waals surface area contributed by atoms with Gasteiger partial charge in [0.05, 0.1) is 4.21 Å². The lowest BCUT2D eigenvalue weighted by Gasteiger charge is -1.87. The van der Waals surface area contributed by atoms with Crippen LogP contribution >= 0.6 is 24.0 Å². The van der Waals surface area contributed by atoms with E-state index in [1.807, 2.05) is 6.07 Å². The lowest BCUT2D eigenvalue weighted by atomic mass is 10.3. The second-order valence-corrected chi connectivity index (χ2v) is 4.58. The van der Waals surface area contributed by atoms with E-state index < -0.39 is 5.97 Å². The molecule has 1 rings (SSSR count). The molecule has 0 aromatic carbocycles. The number of carboxylic acids is 1. The molecule has 0 saturated heterocycles. The van der Waals surface area contributed by atoms with Crippen molar-refractivity contribution in [1.29, 1.82) is 0 Å². The molecule has 0 aliphatic rings. The molecule has 4 nitrogen and oxygen atoms in total. The molecule has 15 heavy (non-hydrogen) atoms. The van der Waals surface area contributed by atoms with Gasteiger partial charge in [-0.3, -0.25) is 9.79 Å². The van der Waals surface area contributed by atoms with Crippen LogP contribution in [-0.2, 0) is 11.2 Å². The molecule has 0 aliphatic heterocycles. The zero-order chi connectivity index (χ0) is 10.6. The van der Waals surface area contributed by atoms with Gasteiger partial charge in [0.15, 0.2) is 0 Å². The summed E-state index contributed by atoms with van der Waals surface area (Å²) in [4.78, 5) is 15.2. The number of thiophene rings is 1. The van der Waals surface area contributed by atoms with Crippen LogP contribution in [0.5, 0.6) is 0 Å². The Labute approximate surface area is 97.4 Å². The quantitative estimate of drug-likeness (QED) is 0.620. The van der Waals surface area contributed by atoms with E-state index in [1.54, 1.807) is 17.6 Å². The normalized spacial score (nSPS) is 10.3. The third-order valence-corrected chi connectivity index (χ3v) is 3.23. The van der Waals surface area contributed by atoms with Crippen LogP contribution in [0.25, 0.3) is 0 Å². The summed E-state index contributed by atoms with van der Waals surface area (Å²) in [6.07, 6.45) is 2.52. The number of carboxylic acid groups (broad SMARTS) is 1. The van der Waals surface area contributed by atoms with Gasteiger partial charge in [0.1, 0.15) is 6.54 Å². The van der Waals surface area contributed by atoms with E-state index in [1.165, 1.54) is 4.88 Å². The molecule has 3 N–H and O–H groups in total. The molecule has 84 valence electrons. The number of rotatable bonds is 4. The number of hydrogen-bond donors (Lipinski definition) is 2. The van der Waals surface area contributed by atoms with E-state index in [2.05, 4.69) is 24.5 Å². The number of aryl methyl sites for hydroxylation is 1. The Morgan fingerprint density at radius 3 is 2.87 bits per heavy atom. The molecule has 0 unspecified atom stereocenters. The van der Waals surface area contributed by atoms with Gasteiger partial charge in [-0.1, -0.05) is 6.92 Å². The van der Waals surface area contributed by atoms with Crippen molar-refractivity contribution in [3.05, 3.63) is 16.5 Å². The molecule has 0 fully saturated rings. The van der Waals surface area contributed by atoms with Gasteiger partial charge in [-0.2, -0.15) is 0 Å². The summed E-state index contributed by atoms with van der Waals surface area (Å²) in [6.45, 7) is 1.88. The molecular weight excluding hydrogens is 234 g/mol. The highest BCUT2D eigenvalue weighted by molar-refractivity contribution is 7.83. The summed E-state index contributed by atoms with van der Waals surface area (Å²) >= 11 is 5.88. The van der Waals surface area contributed by atoms with Crippen LogP contribution < -0.4 is 0 Å². The van der Waals surface area contributed by atoms with Crippen molar-refractivity contribution >= 4 is 36.1 Å². The van der Waals surface area contributed by atoms with Gasteiger partial charge in [0, 0.05) is 16.7 Å². The van der Waals surface area contributed by atoms with Crippen molar-refractivity contribution in [3.63, 3.8) is 0 Å². The third-order valence-electron chi connectivity index (χ3n) is 1.60.